The van der Waals surface area contributed by atoms with Gasteiger partial charge in [0.25, 0.3) is 0 Å². The lowest BCUT2D eigenvalue weighted by molar-refractivity contribution is -0.140. The Morgan fingerprint density at radius 1 is 1.07 bits per heavy atom. The highest BCUT2D eigenvalue weighted by atomic mass is 32.2. The van der Waals surface area contributed by atoms with Crippen LogP contribution in [0.25, 0.3) is 0 Å². The van der Waals surface area contributed by atoms with Crippen molar-refractivity contribution < 1.29 is 14.3 Å². The number of hydrogen-bond donors (Lipinski definition) is 1. The molecule has 1 N–H and O–H groups in total. The molecule has 0 aliphatic rings. The van der Waals surface area contributed by atoms with Gasteiger partial charge in [0.2, 0.25) is 11.8 Å². The van der Waals surface area contributed by atoms with Crippen LogP contribution in [-0.4, -0.2) is 41.7 Å². The van der Waals surface area contributed by atoms with Crippen LogP contribution in [0, 0.1) is 0 Å². The van der Waals surface area contributed by atoms with E-state index in [0.717, 1.165) is 22.6 Å². The van der Waals surface area contributed by atoms with Crippen molar-refractivity contribution >= 4 is 23.6 Å². The molecular weight excluding hydrogens is 396 g/mol. The van der Waals surface area contributed by atoms with E-state index < -0.39 is 6.04 Å². The van der Waals surface area contributed by atoms with Crippen molar-refractivity contribution in [3.63, 3.8) is 0 Å². The first kappa shape index (κ1) is 23.8. The predicted molar refractivity (Wildman–Crippen MR) is 123 cm³/mol. The van der Waals surface area contributed by atoms with Gasteiger partial charge in [-0.3, -0.25) is 9.59 Å². The zero-order valence-electron chi connectivity index (χ0n) is 18.3. The fourth-order valence-electron chi connectivity index (χ4n) is 2.89. The number of rotatable bonds is 11. The molecule has 0 aliphatic carbocycles. The van der Waals surface area contributed by atoms with Gasteiger partial charge in [0.05, 0.1) is 7.11 Å². The zero-order valence-corrected chi connectivity index (χ0v) is 19.1. The summed E-state index contributed by atoms with van der Waals surface area (Å²) in [6, 6.07) is 17.1. The van der Waals surface area contributed by atoms with Gasteiger partial charge in [0.1, 0.15) is 11.8 Å². The number of benzene rings is 2. The van der Waals surface area contributed by atoms with Crippen molar-refractivity contribution in [1.82, 2.24) is 10.2 Å². The molecule has 0 spiro atoms. The number of thioether (sulfide) groups is 1. The fourth-order valence-corrected chi connectivity index (χ4v) is 3.75. The van der Waals surface area contributed by atoms with E-state index in [-0.39, 0.29) is 17.9 Å². The minimum atomic E-state index is -0.546. The van der Waals surface area contributed by atoms with Crippen LogP contribution in [0.4, 0.5) is 0 Å². The van der Waals surface area contributed by atoms with E-state index in [1.54, 1.807) is 30.7 Å². The highest BCUT2D eigenvalue weighted by Crippen LogP contribution is 2.20. The van der Waals surface area contributed by atoms with E-state index in [2.05, 4.69) is 5.32 Å². The minimum absolute atomic E-state index is 0.0268. The Morgan fingerprint density at radius 3 is 2.33 bits per heavy atom. The van der Waals surface area contributed by atoms with Crippen LogP contribution in [0.15, 0.2) is 59.5 Å². The Balaban J connectivity index is 2.07. The summed E-state index contributed by atoms with van der Waals surface area (Å²) in [7, 11) is 1.62. The topological polar surface area (TPSA) is 58.6 Å². The number of nitrogens with one attached hydrogen (secondary N) is 1. The second kappa shape index (κ2) is 12.3. The summed E-state index contributed by atoms with van der Waals surface area (Å²) >= 11 is 1.65. The van der Waals surface area contributed by atoms with Gasteiger partial charge in [-0.15, -0.1) is 11.8 Å². The normalized spacial score (nSPS) is 12.7. The Bertz CT molecular complexity index is 796. The van der Waals surface area contributed by atoms with Gasteiger partial charge in [-0.05, 0) is 50.1 Å². The maximum Gasteiger partial charge on any atom is 0.242 e. The summed E-state index contributed by atoms with van der Waals surface area (Å²) < 4.78 is 5.21. The summed E-state index contributed by atoms with van der Waals surface area (Å²) in [5.41, 5.74) is 0.961. The summed E-state index contributed by atoms with van der Waals surface area (Å²) in [5, 5.41) is 2.99. The molecule has 0 aliphatic heterocycles. The van der Waals surface area contributed by atoms with Crippen LogP contribution in [-0.2, 0) is 16.1 Å². The first-order valence-corrected chi connectivity index (χ1v) is 11.3. The third-order valence-corrected chi connectivity index (χ3v) is 6.02. The van der Waals surface area contributed by atoms with Crippen LogP contribution in [0.2, 0.25) is 0 Å². The van der Waals surface area contributed by atoms with E-state index in [1.165, 1.54) is 0 Å². The van der Waals surface area contributed by atoms with Gasteiger partial charge in [0.15, 0.2) is 0 Å². The van der Waals surface area contributed by atoms with Crippen LogP contribution >= 0.6 is 11.8 Å². The minimum Gasteiger partial charge on any atom is -0.497 e. The molecule has 0 saturated carbocycles. The van der Waals surface area contributed by atoms with Crippen molar-refractivity contribution in [2.45, 2.75) is 57.1 Å². The molecule has 162 valence electrons. The molecule has 0 heterocycles. The van der Waals surface area contributed by atoms with E-state index in [0.29, 0.717) is 18.7 Å². The van der Waals surface area contributed by atoms with Gasteiger partial charge < -0.3 is 15.0 Å². The number of amides is 2. The molecule has 0 radical (unpaired) electrons. The highest BCUT2D eigenvalue weighted by Gasteiger charge is 2.26. The van der Waals surface area contributed by atoms with Crippen LogP contribution in [0.1, 0.15) is 39.2 Å². The Hall–Kier alpha value is -2.47. The first-order valence-electron chi connectivity index (χ1n) is 10.3. The van der Waals surface area contributed by atoms with E-state index in [1.807, 2.05) is 68.4 Å². The average molecular weight is 429 g/mol. The zero-order chi connectivity index (χ0) is 21.9. The number of nitrogens with zero attached hydrogens (tertiary/aromatic N) is 1. The molecule has 0 aromatic heterocycles. The predicted octanol–water partition coefficient (Wildman–Crippen LogP) is 4.51. The Morgan fingerprint density at radius 2 is 1.73 bits per heavy atom. The molecule has 2 rings (SSSR count). The number of carbonyl (C=O) groups excluding carboxylic acids is 2. The van der Waals surface area contributed by atoms with Gasteiger partial charge >= 0.3 is 0 Å². The molecule has 2 aromatic carbocycles. The molecule has 0 fully saturated rings. The third kappa shape index (κ3) is 7.41. The standard InChI is InChI=1S/C24H32N2O3S/c1-5-18(2)25-24(28)19(3)26(17-20-11-13-21(29-4)14-12-20)23(27)15-16-30-22-9-7-6-8-10-22/h6-14,18-19H,5,15-17H2,1-4H3,(H,25,28)/t18-,19+/m1/s1. The number of hydrogen-bond acceptors (Lipinski definition) is 4. The molecule has 0 unspecified atom stereocenters. The molecule has 2 atom stereocenters. The lowest BCUT2D eigenvalue weighted by Gasteiger charge is -2.29. The molecule has 2 amide bonds. The Labute approximate surface area is 184 Å². The summed E-state index contributed by atoms with van der Waals surface area (Å²) in [5.74, 6) is 1.28. The molecular formula is C24H32N2O3S. The molecule has 30 heavy (non-hydrogen) atoms. The van der Waals surface area contributed by atoms with Crippen LogP contribution in [0.5, 0.6) is 5.75 Å². The summed E-state index contributed by atoms with van der Waals surface area (Å²) in [4.78, 5) is 28.6. The third-order valence-electron chi connectivity index (χ3n) is 5.01. The van der Waals surface area contributed by atoms with Crippen molar-refractivity contribution in [1.29, 1.82) is 0 Å². The van der Waals surface area contributed by atoms with Crippen molar-refractivity contribution in [3.8, 4) is 5.75 Å². The van der Waals surface area contributed by atoms with Gasteiger partial charge in [-0.1, -0.05) is 37.3 Å². The smallest absolute Gasteiger partial charge is 0.242 e. The summed E-state index contributed by atoms with van der Waals surface area (Å²) in [6.45, 7) is 6.17. The molecule has 2 aromatic rings. The van der Waals surface area contributed by atoms with E-state index >= 15 is 0 Å². The number of carbonyl (C=O) groups is 2. The second-order valence-corrected chi connectivity index (χ2v) is 8.44. The van der Waals surface area contributed by atoms with Gasteiger partial charge in [0, 0.05) is 29.7 Å². The average Bonchev–Trinajstić information content (AvgIpc) is 2.77. The maximum absolute atomic E-state index is 13.1. The molecule has 5 nitrogen and oxygen atoms in total. The van der Waals surface area contributed by atoms with Crippen LogP contribution in [0.3, 0.4) is 0 Å². The quantitative estimate of drug-likeness (QED) is 0.535. The molecule has 0 bridgehead atoms. The Kier molecular flexibility index (Phi) is 9.74. The lowest BCUT2D eigenvalue weighted by Crippen LogP contribution is -2.49. The summed E-state index contributed by atoms with van der Waals surface area (Å²) in [6.07, 6.45) is 1.22. The lowest BCUT2D eigenvalue weighted by atomic mass is 10.1. The van der Waals surface area contributed by atoms with E-state index in [4.69, 9.17) is 4.74 Å². The first-order chi connectivity index (χ1) is 14.4. The van der Waals surface area contributed by atoms with Crippen molar-refractivity contribution in [2.75, 3.05) is 12.9 Å². The van der Waals surface area contributed by atoms with Crippen LogP contribution < -0.4 is 10.1 Å². The maximum atomic E-state index is 13.1. The van der Waals surface area contributed by atoms with Crippen molar-refractivity contribution in [2.24, 2.45) is 0 Å². The number of ether oxygens (including phenoxy) is 1. The number of methoxy groups -OCH3 is 1. The van der Waals surface area contributed by atoms with Gasteiger partial charge in [-0.25, -0.2) is 0 Å². The SMILES string of the molecule is CC[C@@H](C)NC(=O)[C@H](C)N(Cc1ccc(OC)cc1)C(=O)CCSc1ccccc1. The van der Waals surface area contributed by atoms with Gasteiger partial charge in [-0.2, -0.15) is 0 Å². The van der Waals surface area contributed by atoms with Crippen molar-refractivity contribution in [3.05, 3.63) is 60.2 Å². The largest absolute Gasteiger partial charge is 0.497 e. The monoisotopic (exact) mass is 428 g/mol. The second-order valence-electron chi connectivity index (χ2n) is 7.28. The fraction of sp³-hybridized carbons (Fsp3) is 0.417. The highest BCUT2D eigenvalue weighted by molar-refractivity contribution is 7.99. The molecule has 6 heteroatoms. The van der Waals surface area contributed by atoms with E-state index in [9.17, 15) is 9.59 Å². The molecule has 0 saturated heterocycles.